The van der Waals surface area contributed by atoms with E-state index in [0.29, 0.717) is 18.7 Å². The number of rotatable bonds is 4. The first-order valence-electron chi connectivity index (χ1n) is 6.33. The Kier molecular flexibility index (Phi) is 3.66. The number of halogens is 1. The summed E-state index contributed by atoms with van der Waals surface area (Å²) in [4.78, 5) is 13.7. The van der Waals surface area contributed by atoms with Gasteiger partial charge in [-0.25, -0.2) is 4.39 Å². The van der Waals surface area contributed by atoms with E-state index in [0.717, 1.165) is 12.8 Å². The minimum absolute atomic E-state index is 0.0257. The summed E-state index contributed by atoms with van der Waals surface area (Å²) in [5.74, 6) is -0.277. The van der Waals surface area contributed by atoms with Crippen LogP contribution in [0.25, 0.3) is 0 Å². The molecule has 1 aromatic rings. The Morgan fingerprint density at radius 3 is 2.83 bits per heavy atom. The SMILES string of the molecule is CCCC1(N)CN(C(=O)Cc2cccc(F)c2)C1. The minimum Gasteiger partial charge on any atom is -0.339 e. The van der Waals surface area contributed by atoms with Crippen LogP contribution in [0.3, 0.4) is 0 Å². The van der Waals surface area contributed by atoms with E-state index in [1.165, 1.54) is 12.1 Å². The van der Waals surface area contributed by atoms with E-state index in [2.05, 4.69) is 6.92 Å². The van der Waals surface area contributed by atoms with Crippen LogP contribution in [-0.2, 0) is 11.2 Å². The first-order chi connectivity index (χ1) is 8.52. The maximum atomic E-state index is 13.0. The van der Waals surface area contributed by atoms with Crippen LogP contribution >= 0.6 is 0 Å². The van der Waals surface area contributed by atoms with Gasteiger partial charge in [-0.3, -0.25) is 4.79 Å². The number of hydrogen-bond donors (Lipinski definition) is 1. The van der Waals surface area contributed by atoms with Gasteiger partial charge < -0.3 is 10.6 Å². The number of likely N-dealkylation sites (tertiary alicyclic amines) is 1. The highest BCUT2D eigenvalue weighted by atomic mass is 19.1. The second kappa shape index (κ2) is 5.06. The largest absolute Gasteiger partial charge is 0.339 e. The van der Waals surface area contributed by atoms with Gasteiger partial charge in [-0.05, 0) is 24.1 Å². The molecular weight excluding hydrogens is 231 g/mol. The second-order valence-electron chi connectivity index (χ2n) is 5.17. The third-order valence-electron chi connectivity index (χ3n) is 3.36. The van der Waals surface area contributed by atoms with Crippen molar-refractivity contribution in [1.82, 2.24) is 4.90 Å². The molecule has 0 aliphatic carbocycles. The molecule has 0 saturated carbocycles. The maximum Gasteiger partial charge on any atom is 0.227 e. The zero-order chi connectivity index (χ0) is 13.2. The summed E-state index contributed by atoms with van der Waals surface area (Å²) < 4.78 is 13.0. The van der Waals surface area contributed by atoms with E-state index in [1.54, 1.807) is 17.0 Å². The van der Waals surface area contributed by atoms with Crippen molar-refractivity contribution in [2.24, 2.45) is 5.73 Å². The van der Waals surface area contributed by atoms with Crippen LogP contribution in [-0.4, -0.2) is 29.4 Å². The van der Waals surface area contributed by atoms with E-state index in [4.69, 9.17) is 5.73 Å². The van der Waals surface area contributed by atoms with Gasteiger partial charge in [-0.2, -0.15) is 0 Å². The van der Waals surface area contributed by atoms with Gasteiger partial charge in [0.15, 0.2) is 0 Å². The molecule has 4 heteroatoms. The van der Waals surface area contributed by atoms with Gasteiger partial charge in [0, 0.05) is 13.1 Å². The number of carbonyl (C=O) groups is 1. The summed E-state index contributed by atoms with van der Waals surface area (Å²) in [5.41, 5.74) is 6.62. The Morgan fingerprint density at radius 1 is 1.50 bits per heavy atom. The first kappa shape index (κ1) is 13.0. The van der Waals surface area contributed by atoms with E-state index < -0.39 is 0 Å². The van der Waals surface area contributed by atoms with Gasteiger partial charge in [0.25, 0.3) is 0 Å². The minimum atomic E-state index is -0.303. The molecule has 0 spiro atoms. The molecule has 0 radical (unpaired) electrons. The van der Waals surface area contributed by atoms with Crippen LogP contribution in [0.1, 0.15) is 25.3 Å². The van der Waals surface area contributed by atoms with Crippen LogP contribution in [0.5, 0.6) is 0 Å². The molecule has 1 amide bonds. The fourth-order valence-corrected chi connectivity index (χ4v) is 2.48. The molecule has 1 aliphatic heterocycles. The Labute approximate surface area is 107 Å². The quantitative estimate of drug-likeness (QED) is 0.884. The zero-order valence-electron chi connectivity index (χ0n) is 10.7. The molecule has 1 aliphatic rings. The van der Waals surface area contributed by atoms with Gasteiger partial charge in [-0.15, -0.1) is 0 Å². The van der Waals surface area contributed by atoms with E-state index in [-0.39, 0.29) is 23.7 Å². The summed E-state index contributed by atoms with van der Waals surface area (Å²) >= 11 is 0. The number of nitrogens with two attached hydrogens (primary N) is 1. The van der Waals surface area contributed by atoms with Crippen LogP contribution < -0.4 is 5.73 Å². The van der Waals surface area contributed by atoms with Crippen molar-refractivity contribution in [3.63, 3.8) is 0 Å². The van der Waals surface area contributed by atoms with Crippen molar-refractivity contribution < 1.29 is 9.18 Å². The third-order valence-corrected chi connectivity index (χ3v) is 3.36. The number of carbonyl (C=O) groups excluding carboxylic acids is 1. The summed E-state index contributed by atoms with van der Waals surface area (Å²) in [5, 5.41) is 0. The van der Waals surface area contributed by atoms with Crippen molar-refractivity contribution >= 4 is 5.91 Å². The molecular formula is C14H19FN2O. The number of benzene rings is 1. The molecule has 0 aromatic heterocycles. The molecule has 2 rings (SSSR count). The van der Waals surface area contributed by atoms with Gasteiger partial charge in [0.05, 0.1) is 12.0 Å². The van der Waals surface area contributed by atoms with Crippen molar-refractivity contribution in [2.45, 2.75) is 31.7 Å². The number of nitrogens with zero attached hydrogens (tertiary/aromatic N) is 1. The fourth-order valence-electron chi connectivity index (χ4n) is 2.48. The smallest absolute Gasteiger partial charge is 0.227 e. The summed E-state index contributed by atoms with van der Waals surface area (Å²) in [7, 11) is 0. The molecule has 1 saturated heterocycles. The van der Waals surface area contributed by atoms with Crippen molar-refractivity contribution in [3.8, 4) is 0 Å². The summed E-state index contributed by atoms with van der Waals surface area (Å²) in [6.45, 7) is 3.33. The molecule has 3 nitrogen and oxygen atoms in total. The van der Waals surface area contributed by atoms with Crippen LogP contribution in [0.15, 0.2) is 24.3 Å². The van der Waals surface area contributed by atoms with Crippen LogP contribution in [0.2, 0.25) is 0 Å². The molecule has 2 N–H and O–H groups in total. The van der Waals surface area contributed by atoms with Crippen LogP contribution in [0, 0.1) is 5.82 Å². The first-order valence-corrected chi connectivity index (χ1v) is 6.33. The summed E-state index contributed by atoms with van der Waals surface area (Å²) in [6.07, 6.45) is 2.22. The lowest BCUT2D eigenvalue weighted by Gasteiger charge is -2.48. The Hall–Kier alpha value is -1.42. The molecule has 0 atom stereocenters. The highest BCUT2D eigenvalue weighted by Crippen LogP contribution is 2.24. The molecule has 18 heavy (non-hydrogen) atoms. The molecule has 0 unspecified atom stereocenters. The number of amides is 1. The zero-order valence-corrected chi connectivity index (χ0v) is 10.7. The van der Waals surface area contributed by atoms with E-state index >= 15 is 0 Å². The molecule has 1 fully saturated rings. The third kappa shape index (κ3) is 2.88. The van der Waals surface area contributed by atoms with Gasteiger partial charge >= 0.3 is 0 Å². The molecule has 1 heterocycles. The van der Waals surface area contributed by atoms with Gasteiger partial charge in [0.1, 0.15) is 5.82 Å². The highest BCUT2D eigenvalue weighted by molar-refractivity contribution is 5.80. The average Bonchev–Trinajstić information content (AvgIpc) is 2.26. The van der Waals surface area contributed by atoms with Crippen molar-refractivity contribution in [1.29, 1.82) is 0 Å². The monoisotopic (exact) mass is 250 g/mol. The van der Waals surface area contributed by atoms with E-state index in [1.807, 2.05) is 0 Å². The highest BCUT2D eigenvalue weighted by Gasteiger charge is 2.40. The second-order valence-corrected chi connectivity index (χ2v) is 5.17. The average molecular weight is 250 g/mol. The fraction of sp³-hybridized carbons (Fsp3) is 0.500. The maximum absolute atomic E-state index is 13.0. The van der Waals surface area contributed by atoms with Crippen molar-refractivity contribution in [2.75, 3.05) is 13.1 Å². The lowest BCUT2D eigenvalue weighted by atomic mass is 9.86. The lowest BCUT2D eigenvalue weighted by molar-refractivity contribution is -0.138. The molecule has 98 valence electrons. The topological polar surface area (TPSA) is 46.3 Å². The molecule has 0 bridgehead atoms. The Bertz CT molecular complexity index is 441. The van der Waals surface area contributed by atoms with Crippen molar-refractivity contribution in [3.05, 3.63) is 35.6 Å². The molecule has 1 aromatic carbocycles. The summed E-state index contributed by atoms with van der Waals surface area (Å²) in [6, 6.07) is 6.17. The lowest BCUT2D eigenvalue weighted by Crippen LogP contribution is -2.68. The van der Waals surface area contributed by atoms with Crippen LogP contribution in [0.4, 0.5) is 4.39 Å². The predicted octanol–water partition coefficient (Wildman–Crippen LogP) is 1.71. The predicted molar refractivity (Wildman–Crippen MR) is 68.5 cm³/mol. The normalized spacial score (nSPS) is 17.4. The van der Waals surface area contributed by atoms with Gasteiger partial charge in [0.2, 0.25) is 5.91 Å². The Morgan fingerprint density at radius 2 is 2.22 bits per heavy atom. The number of hydrogen-bond acceptors (Lipinski definition) is 2. The van der Waals surface area contributed by atoms with Gasteiger partial charge in [-0.1, -0.05) is 25.5 Å². The standard InChI is InChI=1S/C14H19FN2O/c1-2-6-14(16)9-17(10-14)13(18)8-11-4-3-5-12(15)7-11/h3-5,7H,2,6,8-10,16H2,1H3. The van der Waals surface area contributed by atoms with E-state index in [9.17, 15) is 9.18 Å². The Balaban J connectivity index is 1.87.